The van der Waals surface area contributed by atoms with E-state index >= 15 is 0 Å². The summed E-state index contributed by atoms with van der Waals surface area (Å²) < 4.78 is 7.35. The fraction of sp³-hybridized carbons (Fsp3) is 0.429. The summed E-state index contributed by atoms with van der Waals surface area (Å²) in [6.45, 7) is 2.61. The van der Waals surface area contributed by atoms with Crippen molar-refractivity contribution in [3.63, 3.8) is 0 Å². The van der Waals surface area contributed by atoms with Crippen molar-refractivity contribution in [2.24, 2.45) is 13.0 Å². The molecule has 0 radical (unpaired) electrons. The summed E-state index contributed by atoms with van der Waals surface area (Å²) in [6, 6.07) is 13.2. The second-order valence-electron chi connectivity index (χ2n) is 10.3. The molecule has 5 rings (SSSR count). The number of carboxylic acid groups (broad SMARTS) is 1. The van der Waals surface area contributed by atoms with Gasteiger partial charge in [0.1, 0.15) is 11.2 Å². The molecule has 3 N–H and O–H groups in total. The first-order chi connectivity index (χ1) is 17.2. The molecule has 8 heteroatoms. The molecule has 2 aromatic carbocycles. The van der Waals surface area contributed by atoms with E-state index in [0.29, 0.717) is 49.6 Å². The van der Waals surface area contributed by atoms with Crippen molar-refractivity contribution in [1.82, 2.24) is 9.88 Å². The van der Waals surface area contributed by atoms with Crippen molar-refractivity contribution in [3.8, 4) is 0 Å². The second-order valence-corrected chi connectivity index (χ2v) is 10.6. The van der Waals surface area contributed by atoms with E-state index in [-0.39, 0.29) is 17.9 Å². The van der Waals surface area contributed by atoms with Crippen LogP contribution in [0.2, 0.25) is 5.02 Å². The predicted octanol–water partition coefficient (Wildman–Crippen LogP) is 4.51. The molecular weight excluding hydrogens is 480 g/mol. The summed E-state index contributed by atoms with van der Waals surface area (Å²) in [4.78, 5) is 25.5. The number of aliphatic carboxylic acids is 1. The van der Waals surface area contributed by atoms with Crippen LogP contribution in [0.4, 0.5) is 0 Å². The molecule has 1 aliphatic carbocycles. The van der Waals surface area contributed by atoms with Gasteiger partial charge in [-0.05, 0) is 67.3 Å². The topological polar surface area (TPSA) is 101 Å². The van der Waals surface area contributed by atoms with Gasteiger partial charge in [0, 0.05) is 18.0 Å². The molecule has 2 fully saturated rings. The van der Waals surface area contributed by atoms with Crippen LogP contribution in [-0.2, 0) is 22.1 Å². The SMILES string of the molecule is Cc1ccc2c(cc(C(=O)NC3(c4ccc(C(C(=O)O)C5CCC(O)CC5)cc4)COC3)n2C)c1Cl. The number of hydrogen-bond acceptors (Lipinski definition) is 4. The van der Waals surface area contributed by atoms with Gasteiger partial charge >= 0.3 is 5.97 Å². The standard InChI is InChI=1S/C28H31ClN2O5/c1-16-3-12-22-21(25(16)29)13-23(31(22)2)26(33)30-28(14-36-15-28)19-8-4-17(5-9-19)24(27(34)35)18-6-10-20(32)11-7-18/h3-5,8-9,12-13,18,20,24,32H,6-7,10-11,14-15H2,1-2H3,(H,30,33)(H,34,35). The number of aliphatic hydroxyl groups excluding tert-OH is 1. The molecule has 0 bridgehead atoms. The van der Waals surface area contributed by atoms with Crippen molar-refractivity contribution < 1.29 is 24.5 Å². The Hall–Kier alpha value is -2.87. The van der Waals surface area contributed by atoms with Crippen LogP contribution in [-0.4, -0.2) is 46.0 Å². The Labute approximate surface area is 215 Å². The molecule has 1 atom stereocenters. The smallest absolute Gasteiger partial charge is 0.311 e. The van der Waals surface area contributed by atoms with Crippen molar-refractivity contribution >= 4 is 34.4 Å². The van der Waals surface area contributed by atoms with Crippen LogP contribution in [0, 0.1) is 12.8 Å². The summed E-state index contributed by atoms with van der Waals surface area (Å²) in [5.74, 6) is -1.68. The summed E-state index contributed by atoms with van der Waals surface area (Å²) in [7, 11) is 1.85. The first kappa shape index (κ1) is 24.8. The van der Waals surface area contributed by atoms with Crippen LogP contribution in [0.3, 0.4) is 0 Å². The largest absolute Gasteiger partial charge is 0.481 e. The van der Waals surface area contributed by atoms with Gasteiger partial charge in [-0.3, -0.25) is 9.59 Å². The summed E-state index contributed by atoms with van der Waals surface area (Å²) >= 11 is 6.49. The van der Waals surface area contributed by atoms with Gasteiger partial charge in [-0.2, -0.15) is 0 Å². The third kappa shape index (κ3) is 4.29. The highest BCUT2D eigenvalue weighted by Gasteiger charge is 2.43. The van der Waals surface area contributed by atoms with Gasteiger partial charge in [0.2, 0.25) is 0 Å². The lowest BCUT2D eigenvalue weighted by atomic mass is 9.75. The lowest BCUT2D eigenvalue weighted by Gasteiger charge is -2.42. The monoisotopic (exact) mass is 510 g/mol. The molecule has 3 aromatic rings. The highest BCUT2D eigenvalue weighted by molar-refractivity contribution is 6.36. The lowest BCUT2D eigenvalue weighted by molar-refractivity contribution is -0.140. The Morgan fingerprint density at radius 2 is 1.78 bits per heavy atom. The number of aliphatic hydroxyl groups is 1. The number of nitrogens with zero attached hydrogens (tertiary/aromatic N) is 1. The van der Waals surface area contributed by atoms with Gasteiger partial charge in [-0.15, -0.1) is 0 Å². The molecule has 2 aliphatic rings. The van der Waals surface area contributed by atoms with Crippen molar-refractivity contribution in [2.75, 3.05) is 13.2 Å². The Balaban J connectivity index is 1.39. The highest BCUT2D eigenvalue weighted by atomic mass is 35.5. The van der Waals surface area contributed by atoms with Gasteiger partial charge in [-0.25, -0.2) is 0 Å². The second kappa shape index (κ2) is 9.54. The molecule has 190 valence electrons. The molecule has 2 heterocycles. The number of hydrogen-bond donors (Lipinski definition) is 3. The minimum atomic E-state index is -0.844. The average molecular weight is 511 g/mol. The third-order valence-electron chi connectivity index (χ3n) is 7.94. The van der Waals surface area contributed by atoms with E-state index in [1.807, 2.05) is 61.0 Å². The third-order valence-corrected chi connectivity index (χ3v) is 8.44. The van der Waals surface area contributed by atoms with E-state index in [9.17, 15) is 19.8 Å². The van der Waals surface area contributed by atoms with Crippen LogP contribution in [0.5, 0.6) is 0 Å². The number of amides is 1. The molecule has 7 nitrogen and oxygen atoms in total. The maximum Gasteiger partial charge on any atom is 0.311 e. The number of nitrogens with one attached hydrogen (secondary N) is 1. The van der Waals surface area contributed by atoms with Gasteiger partial charge in [0.15, 0.2) is 0 Å². The number of ether oxygens (including phenoxy) is 1. The van der Waals surface area contributed by atoms with E-state index in [2.05, 4.69) is 5.32 Å². The van der Waals surface area contributed by atoms with E-state index in [1.54, 1.807) is 0 Å². The fourth-order valence-electron chi connectivity index (χ4n) is 5.66. The zero-order valence-electron chi connectivity index (χ0n) is 20.5. The van der Waals surface area contributed by atoms with E-state index in [1.165, 1.54) is 0 Å². The average Bonchev–Trinajstić information content (AvgIpc) is 3.17. The van der Waals surface area contributed by atoms with Crippen LogP contribution >= 0.6 is 11.6 Å². The van der Waals surface area contributed by atoms with Crippen LogP contribution in [0.1, 0.15) is 58.8 Å². The predicted molar refractivity (Wildman–Crippen MR) is 137 cm³/mol. The zero-order chi connectivity index (χ0) is 25.6. The normalized spacial score (nSPS) is 22.1. The van der Waals surface area contributed by atoms with Gasteiger partial charge in [0.05, 0.1) is 30.3 Å². The van der Waals surface area contributed by atoms with E-state index in [4.69, 9.17) is 16.3 Å². The number of aryl methyl sites for hydroxylation is 2. The Morgan fingerprint density at radius 1 is 1.11 bits per heavy atom. The maximum absolute atomic E-state index is 13.4. The van der Waals surface area contributed by atoms with Crippen LogP contribution in [0.25, 0.3) is 10.9 Å². The number of benzene rings is 2. The Bertz CT molecular complexity index is 1300. The van der Waals surface area contributed by atoms with Crippen molar-refractivity contribution in [3.05, 3.63) is 69.9 Å². The Morgan fingerprint density at radius 3 is 2.36 bits per heavy atom. The minimum Gasteiger partial charge on any atom is -0.481 e. The minimum absolute atomic E-state index is 0.000571. The summed E-state index contributed by atoms with van der Waals surface area (Å²) in [5.41, 5.74) is 3.28. The molecular formula is C28H31ClN2O5. The molecule has 36 heavy (non-hydrogen) atoms. The molecule has 1 amide bonds. The molecule has 1 saturated heterocycles. The number of aromatic nitrogens is 1. The van der Waals surface area contributed by atoms with E-state index in [0.717, 1.165) is 27.6 Å². The first-order valence-corrected chi connectivity index (χ1v) is 12.7. The van der Waals surface area contributed by atoms with Crippen LogP contribution < -0.4 is 5.32 Å². The summed E-state index contributed by atoms with van der Waals surface area (Å²) in [5, 5.41) is 24.4. The molecule has 1 aliphatic heterocycles. The number of fused-ring (bicyclic) bond motifs is 1. The number of carbonyl (C=O) groups excluding carboxylic acids is 1. The van der Waals surface area contributed by atoms with Gasteiger partial charge < -0.3 is 24.8 Å². The lowest BCUT2D eigenvalue weighted by Crippen LogP contribution is -2.59. The number of halogens is 1. The Kier molecular flexibility index (Phi) is 6.57. The first-order valence-electron chi connectivity index (χ1n) is 12.4. The number of rotatable bonds is 6. The fourth-order valence-corrected chi connectivity index (χ4v) is 5.88. The number of carboxylic acids is 1. The summed E-state index contributed by atoms with van der Waals surface area (Å²) in [6.07, 6.45) is 2.34. The molecule has 0 spiro atoms. The van der Waals surface area contributed by atoms with Crippen molar-refractivity contribution in [1.29, 1.82) is 0 Å². The quantitative estimate of drug-likeness (QED) is 0.453. The van der Waals surface area contributed by atoms with Crippen LogP contribution in [0.15, 0.2) is 42.5 Å². The highest BCUT2D eigenvalue weighted by Crippen LogP contribution is 2.38. The molecule has 1 aromatic heterocycles. The molecule has 1 saturated carbocycles. The van der Waals surface area contributed by atoms with Gasteiger partial charge in [0.25, 0.3) is 5.91 Å². The zero-order valence-corrected chi connectivity index (χ0v) is 21.2. The van der Waals surface area contributed by atoms with Crippen molar-refractivity contribution in [2.45, 2.75) is 50.2 Å². The molecule has 1 unspecified atom stereocenters. The van der Waals surface area contributed by atoms with E-state index < -0.39 is 17.4 Å². The van der Waals surface area contributed by atoms with Gasteiger partial charge in [-0.1, -0.05) is 41.9 Å². The number of carbonyl (C=O) groups is 2. The maximum atomic E-state index is 13.4.